The van der Waals surface area contributed by atoms with Crippen LogP contribution in [-0.2, 0) is 16.0 Å². The van der Waals surface area contributed by atoms with Gasteiger partial charge in [0.1, 0.15) is 16.8 Å². The van der Waals surface area contributed by atoms with Crippen LogP contribution in [0.2, 0.25) is 0 Å². The molecule has 190 valence electrons. The van der Waals surface area contributed by atoms with Gasteiger partial charge in [-0.1, -0.05) is 51.1 Å². The molecule has 0 bridgehead atoms. The lowest BCUT2D eigenvalue weighted by molar-refractivity contribution is -0.147. The molecule has 0 saturated carbocycles. The number of halogens is 1. The highest BCUT2D eigenvalue weighted by Gasteiger charge is 2.25. The number of benzene rings is 1. The number of aromatic nitrogens is 1. The highest BCUT2D eigenvalue weighted by molar-refractivity contribution is 7.09. The number of rotatable bonds is 13. The highest BCUT2D eigenvalue weighted by Crippen LogP contribution is 2.24. The van der Waals surface area contributed by atoms with Crippen molar-refractivity contribution in [3.63, 3.8) is 0 Å². The number of thiazole rings is 1. The fourth-order valence-electron chi connectivity index (χ4n) is 3.77. The van der Waals surface area contributed by atoms with Crippen LogP contribution in [0.4, 0.5) is 0 Å². The van der Waals surface area contributed by atoms with E-state index >= 15 is 0 Å². The number of hydrogen-bond donors (Lipinski definition) is 3. The van der Waals surface area contributed by atoms with Crippen LogP contribution in [-0.4, -0.2) is 47.7 Å². The lowest BCUT2D eigenvalue weighted by atomic mass is 9.96. The molecule has 1 aromatic carbocycles. The third-order valence-electron chi connectivity index (χ3n) is 5.68. The Bertz CT molecular complexity index is 878. The third-order valence-corrected chi connectivity index (χ3v) is 6.63. The molecular formula is C25H38ClN3O4S. The fourth-order valence-corrected chi connectivity index (χ4v) is 4.56. The molecular weight excluding hydrogens is 474 g/mol. The van der Waals surface area contributed by atoms with Crippen LogP contribution in [0, 0.1) is 11.8 Å². The number of carbonyl (C=O) groups is 2. The Hall–Kier alpha value is -2.00. The van der Waals surface area contributed by atoms with E-state index in [4.69, 9.17) is 4.74 Å². The first-order valence-electron chi connectivity index (χ1n) is 11.6. The molecule has 2 aromatic rings. The molecule has 1 amide bonds. The second-order valence-corrected chi connectivity index (χ2v) is 9.60. The van der Waals surface area contributed by atoms with Crippen molar-refractivity contribution < 1.29 is 19.4 Å². The summed E-state index contributed by atoms with van der Waals surface area (Å²) in [4.78, 5) is 29.5. The first kappa shape index (κ1) is 30.0. The van der Waals surface area contributed by atoms with Gasteiger partial charge in [0, 0.05) is 17.5 Å². The van der Waals surface area contributed by atoms with Crippen LogP contribution in [0.5, 0.6) is 0 Å². The summed E-state index contributed by atoms with van der Waals surface area (Å²) in [5.74, 6) is -0.558. The minimum Gasteiger partial charge on any atom is -0.466 e. The van der Waals surface area contributed by atoms with E-state index < -0.39 is 6.10 Å². The maximum atomic E-state index is 13.0. The van der Waals surface area contributed by atoms with Crippen LogP contribution in [0.25, 0.3) is 0 Å². The molecule has 0 aliphatic heterocycles. The van der Waals surface area contributed by atoms with E-state index in [1.165, 1.54) is 11.3 Å². The van der Waals surface area contributed by atoms with Gasteiger partial charge >= 0.3 is 5.97 Å². The molecule has 0 radical (unpaired) electrons. The Morgan fingerprint density at radius 2 is 1.82 bits per heavy atom. The summed E-state index contributed by atoms with van der Waals surface area (Å²) in [5, 5.41) is 19.1. The molecule has 34 heavy (non-hydrogen) atoms. The van der Waals surface area contributed by atoms with Crippen LogP contribution in [0.3, 0.4) is 0 Å². The standard InChI is InChI=1S/C25H37N3O4S.ClH/c1-6-32-25(31)17(4)12-19(13-18-10-8-7-9-11-18)27-23(30)21-15-33-24(28-21)22(29)14-20(26-5)16(2)3;/h7-11,15-17,19-20,22,26,29H,6,12-14H2,1-5H3,(H,27,30);1H/t17-,19+,20+,22+;/m0./s1. The number of aliphatic hydroxyl groups is 1. The fraction of sp³-hybridized carbons (Fsp3) is 0.560. The Morgan fingerprint density at radius 1 is 1.15 bits per heavy atom. The second-order valence-electron chi connectivity index (χ2n) is 8.71. The van der Waals surface area contributed by atoms with Gasteiger partial charge in [0.2, 0.25) is 0 Å². The summed E-state index contributed by atoms with van der Waals surface area (Å²) in [6, 6.07) is 9.74. The van der Waals surface area contributed by atoms with Gasteiger partial charge < -0.3 is 20.5 Å². The largest absolute Gasteiger partial charge is 0.466 e. The molecule has 9 heteroatoms. The van der Waals surface area contributed by atoms with Gasteiger partial charge in [-0.2, -0.15) is 0 Å². The van der Waals surface area contributed by atoms with E-state index in [1.807, 2.05) is 44.3 Å². The van der Waals surface area contributed by atoms with Crippen molar-refractivity contribution in [2.45, 2.75) is 65.1 Å². The summed E-state index contributed by atoms with van der Waals surface area (Å²) in [5.41, 5.74) is 1.35. The van der Waals surface area contributed by atoms with Crippen molar-refractivity contribution in [3.05, 3.63) is 52.0 Å². The first-order valence-corrected chi connectivity index (χ1v) is 12.4. The zero-order valence-electron chi connectivity index (χ0n) is 20.6. The lowest BCUT2D eigenvalue weighted by Gasteiger charge is -2.22. The average molecular weight is 512 g/mol. The lowest BCUT2D eigenvalue weighted by Crippen LogP contribution is -2.39. The molecule has 0 unspecified atom stereocenters. The zero-order chi connectivity index (χ0) is 24.4. The smallest absolute Gasteiger partial charge is 0.308 e. The number of ether oxygens (including phenoxy) is 1. The number of aliphatic hydroxyl groups excluding tert-OH is 1. The summed E-state index contributed by atoms with van der Waals surface area (Å²) < 4.78 is 5.14. The van der Waals surface area contributed by atoms with Gasteiger partial charge in [-0.25, -0.2) is 4.98 Å². The van der Waals surface area contributed by atoms with Gasteiger partial charge in [-0.15, -0.1) is 23.7 Å². The van der Waals surface area contributed by atoms with Crippen LogP contribution >= 0.6 is 23.7 Å². The maximum Gasteiger partial charge on any atom is 0.308 e. The molecule has 0 aliphatic rings. The van der Waals surface area contributed by atoms with E-state index in [-0.39, 0.29) is 48.0 Å². The van der Waals surface area contributed by atoms with Crippen LogP contribution in [0.1, 0.15) is 67.7 Å². The Labute approximate surface area is 213 Å². The highest BCUT2D eigenvalue weighted by atomic mass is 35.5. The van der Waals surface area contributed by atoms with Gasteiger partial charge in [-0.05, 0) is 44.7 Å². The molecule has 4 atom stereocenters. The van der Waals surface area contributed by atoms with E-state index in [2.05, 4.69) is 29.5 Å². The second kappa shape index (κ2) is 15.1. The van der Waals surface area contributed by atoms with Gasteiger partial charge in [-0.3, -0.25) is 9.59 Å². The van der Waals surface area contributed by atoms with Crippen molar-refractivity contribution in [2.24, 2.45) is 11.8 Å². The van der Waals surface area contributed by atoms with Crippen LogP contribution in [0.15, 0.2) is 35.7 Å². The normalized spacial score (nSPS) is 14.6. The number of hydrogen-bond acceptors (Lipinski definition) is 7. The molecule has 0 spiro atoms. The third kappa shape index (κ3) is 9.33. The molecule has 0 saturated heterocycles. The number of nitrogens with zero attached hydrogens (tertiary/aromatic N) is 1. The first-order chi connectivity index (χ1) is 15.7. The summed E-state index contributed by atoms with van der Waals surface area (Å²) in [6.07, 6.45) is 0.836. The van der Waals surface area contributed by atoms with Gasteiger partial charge in [0.25, 0.3) is 5.91 Å². The number of esters is 1. The Balaban J connectivity index is 0.00000578. The van der Waals surface area contributed by atoms with Crippen molar-refractivity contribution >= 4 is 35.6 Å². The molecule has 1 heterocycles. The predicted molar refractivity (Wildman–Crippen MR) is 138 cm³/mol. The van der Waals surface area contributed by atoms with Crippen molar-refractivity contribution in [1.29, 1.82) is 0 Å². The molecule has 1 aromatic heterocycles. The van der Waals surface area contributed by atoms with Gasteiger partial charge in [0.15, 0.2) is 0 Å². The number of amides is 1. The van der Waals surface area contributed by atoms with E-state index in [9.17, 15) is 14.7 Å². The van der Waals surface area contributed by atoms with E-state index in [0.717, 1.165) is 5.56 Å². The van der Waals surface area contributed by atoms with Crippen molar-refractivity contribution in [3.8, 4) is 0 Å². The van der Waals surface area contributed by atoms with Crippen molar-refractivity contribution in [2.75, 3.05) is 13.7 Å². The average Bonchev–Trinajstić information content (AvgIpc) is 3.28. The summed E-state index contributed by atoms with van der Waals surface area (Å²) >= 11 is 1.28. The predicted octanol–water partition coefficient (Wildman–Crippen LogP) is 4.16. The summed E-state index contributed by atoms with van der Waals surface area (Å²) in [6.45, 7) is 8.11. The molecule has 0 fully saturated rings. The monoisotopic (exact) mass is 511 g/mol. The number of nitrogens with one attached hydrogen (secondary N) is 2. The minimum absolute atomic E-state index is 0. The van der Waals surface area contributed by atoms with Crippen LogP contribution < -0.4 is 10.6 Å². The van der Waals surface area contributed by atoms with E-state index in [0.29, 0.717) is 36.8 Å². The Kier molecular flexibility index (Phi) is 13.3. The molecule has 3 N–H and O–H groups in total. The van der Waals surface area contributed by atoms with Crippen molar-refractivity contribution in [1.82, 2.24) is 15.6 Å². The van der Waals surface area contributed by atoms with Gasteiger partial charge in [0.05, 0.1) is 12.5 Å². The quantitative estimate of drug-likeness (QED) is 0.349. The molecule has 7 nitrogen and oxygen atoms in total. The SMILES string of the molecule is CCOC(=O)[C@@H](C)C[C@H](Cc1ccccc1)NC(=O)c1csc([C@H](O)C[C@@H](NC)C(C)C)n1.Cl. The molecule has 2 rings (SSSR count). The maximum absolute atomic E-state index is 13.0. The summed E-state index contributed by atoms with van der Waals surface area (Å²) in [7, 11) is 1.88. The zero-order valence-corrected chi connectivity index (χ0v) is 22.2. The topological polar surface area (TPSA) is 101 Å². The molecule has 0 aliphatic carbocycles. The minimum atomic E-state index is -0.736. The van der Waals surface area contributed by atoms with E-state index in [1.54, 1.807) is 12.3 Å². The Morgan fingerprint density at radius 3 is 2.41 bits per heavy atom. The number of carbonyl (C=O) groups excluding carboxylic acids is 2.